The van der Waals surface area contributed by atoms with E-state index in [0.717, 1.165) is 39.4 Å². The number of carboxylic acids is 1. The van der Waals surface area contributed by atoms with Crippen LogP contribution in [0.4, 0.5) is 5.69 Å². The van der Waals surface area contributed by atoms with Crippen molar-refractivity contribution in [2.75, 3.05) is 32.1 Å². The van der Waals surface area contributed by atoms with E-state index in [-0.39, 0.29) is 12.5 Å². The van der Waals surface area contributed by atoms with Gasteiger partial charge in [0.25, 0.3) is 0 Å². The van der Waals surface area contributed by atoms with Crippen molar-refractivity contribution in [3.05, 3.63) is 77.8 Å². The number of carbonyl (C=O) groups excluding carboxylic acids is 1. The van der Waals surface area contributed by atoms with E-state index in [4.69, 9.17) is 14.6 Å². The van der Waals surface area contributed by atoms with E-state index in [1.165, 1.54) is 18.0 Å². The second-order valence-electron chi connectivity index (χ2n) is 8.43. The van der Waals surface area contributed by atoms with Crippen LogP contribution < -0.4 is 10.1 Å². The molecule has 0 heterocycles. The van der Waals surface area contributed by atoms with Crippen LogP contribution in [0.3, 0.4) is 0 Å². The lowest BCUT2D eigenvalue weighted by Crippen LogP contribution is -2.36. The summed E-state index contributed by atoms with van der Waals surface area (Å²) in [6.07, 6.45) is 3.96. The minimum Gasteiger partial charge on any atom is -0.496 e. The highest BCUT2D eigenvalue weighted by Crippen LogP contribution is 2.26. The van der Waals surface area contributed by atoms with Gasteiger partial charge in [0, 0.05) is 17.1 Å². The van der Waals surface area contributed by atoms with Crippen LogP contribution in [0, 0.1) is 13.8 Å². The van der Waals surface area contributed by atoms with E-state index in [0.29, 0.717) is 18.8 Å². The van der Waals surface area contributed by atoms with Crippen molar-refractivity contribution >= 4 is 29.3 Å². The van der Waals surface area contributed by atoms with Crippen molar-refractivity contribution in [2.45, 2.75) is 58.1 Å². The molecule has 0 spiro atoms. The van der Waals surface area contributed by atoms with E-state index >= 15 is 0 Å². The summed E-state index contributed by atoms with van der Waals surface area (Å²) in [5, 5.41) is 11.6. The number of ether oxygens (including phenoxy) is 2. The number of aryl methyl sites for hydroxylation is 2. The van der Waals surface area contributed by atoms with Crippen molar-refractivity contribution in [3.8, 4) is 5.75 Å². The van der Waals surface area contributed by atoms with Gasteiger partial charge in [-0.2, -0.15) is 0 Å². The number of thioether (sulfide) groups is 1. The zero-order valence-electron chi connectivity index (χ0n) is 23.7. The number of aliphatic carboxylic acids is 1. The number of nitrogens with one attached hydrogen (secondary N) is 1. The van der Waals surface area contributed by atoms with E-state index in [2.05, 4.69) is 11.9 Å². The fraction of sp³-hybridized carbons (Fsp3) is 0.400. The quantitative estimate of drug-likeness (QED) is 0.209. The lowest BCUT2D eigenvalue weighted by Gasteiger charge is -2.23. The van der Waals surface area contributed by atoms with Crippen LogP contribution in [0.2, 0.25) is 0 Å². The van der Waals surface area contributed by atoms with E-state index in [1.807, 2.05) is 82.0 Å². The molecule has 0 aromatic heterocycles. The molecule has 1 unspecified atom stereocenters. The van der Waals surface area contributed by atoms with Crippen LogP contribution in [0.1, 0.15) is 44.4 Å². The predicted octanol–water partition coefficient (Wildman–Crippen LogP) is 6.45. The number of carboxylic acid groups (broad SMARTS) is 1. The van der Waals surface area contributed by atoms with Gasteiger partial charge in [-0.15, -0.1) is 11.8 Å². The maximum Gasteiger partial charge on any atom is 0.316 e. The normalized spacial score (nSPS) is 11.7. The summed E-state index contributed by atoms with van der Waals surface area (Å²) in [5.74, 6) is 0.544. The standard InChI is InChI=1S/C28H36N2O5S.C2H6/c1-7-23(35-8-2)17-30(14-13-22-9-11-24(12-10-22)36-21(5)28(32)33)18-27(31)29-25-15-20(4)26(34-6)16-19(25)3;1-2/h7-12,15-16,21H,2,13-14,17-18H2,1,3-6H3,(H,29,31)(H,32,33);1-2H3/b23-7-;. The number of benzene rings is 2. The summed E-state index contributed by atoms with van der Waals surface area (Å²) in [4.78, 5) is 27.0. The van der Waals surface area contributed by atoms with Gasteiger partial charge >= 0.3 is 5.97 Å². The van der Waals surface area contributed by atoms with Gasteiger partial charge in [-0.05, 0) is 81.1 Å². The van der Waals surface area contributed by atoms with Gasteiger partial charge in [0.2, 0.25) is 5.91 Å². The molecule has 0 aliphatic carbocycles. The topological polar surface area (TPSA) is 88.1 Å². The van der Waals surface area contributed by atoms with Crippen molar-refractivity contribution in [1.29, 1.82) is 0 Å². The van der Waals surface area contributed by atoms with Gasteiger partial charge in [-0.1, -0.05) is 32.6 Å². The molecule has 8 heteroatoms. The summed E-state index contributed by atoms with van der Waals surface area (Å²) in [7, 11) is 1.63. The van der Waals surface area contributed by atoms with Gasteiger partial charge < -0.3 is 19.9 Å². The lowest BCUT2D eigenvalue weighted by molar-refractivity contribution is -0.136. The van der Waals surface area contributed by atoms with Crippen molar-refractivity contribution in [2.24, 2.45) is 0 Å². The summed E-state index contributed by atoms with van der Waals surface area (Å²) in [6.45, 7) is 16.3. The van der Waals surface area contributed by atoms with Gasteiger partial charge in [0.15, 0.2) is 0 Å². The molecular weight excluding hydrogens is 500 g/mol. The predicted molar refractivity (Wildman–Crippen MR) is 157 cm³/mol. The zero-order valence-corrected chi connectivity index (χ0v) is 24.5. The van der Waals surface area contributed by atoms with E-state index < -0.39 is 11.2 Å². The average molecular weight is 543 g/mol. The molecule has 38 heavy (non-hydrogen) atoms. The molecule has 0 fully saturated rings. The van der Waals surface area contributed by atoms with Gasteiger partial charge in [0.1, 0.15) is 16.8 Å². The van der Waals surface area contributed by atoms with Crippen LogP contribution >= 0.6 is 11.8 Å². The Bertz CT molecular complexity index is 1080. The minimum absolute atomic E-state index is 0.119. The first-order chi connectivity index (χ1) is 18.2. The molecule has 1 amide bonds. The molecule has 2 aromatic rings. The first-order valence-corrected chi connectivity index (χ1v) is 13.6. The summed E-state index contributed by atoms with van der Waals surface area (Å²) in [5.41, 5.74) is 3.73. The fourth-order valence-corrected chi connectivity index (χ4v) is 4.35. The number of methoxy groups -OCH3 is 1. The SMILES string of the molecule is C=CO/C(=C\C)CN(CCc1ccc(SC(C)C(=O)O)cc1)CC(=O)Nc1cc(C)c(OC)cc1C.CC. The molecule has 208 valence electrons. The number of allylic oxidation sites excluding steroid dienone is 1. The molecule has 0 saturated heterocycles. The monoisotopic (exact) mass is 542 g/mol. The number of nitrogens with zero attached hydrogens (tertiary/aromatic N) is 1. The maximum absolute atomic E-state index is 13.0. The van der Waals surface area contributed by atoms with Crippen LogP contribution in [-0.4, -0.2) is 53.9 Å². The van der Waals surface area contributed by atoms with E-state index in [1.54, 1.807) is 14.0 Å². The Labute approximate surface area is 231 Å². The molecule has 2 aromatic carbocycles. The fourth-order valence-electron chi connectivity index (χ4n) is 3.55. The number of hydrogen-bond acceptors (Lipinski definition) is 6. The summed E-state index contributed by atoms with van der Waals surface area (Å²) < 4.78 is 10.9. The highest BCUT2D eigenvalue weighted by Gasteiger charge is 2.16. The van der Waals surface area contributed by atoms with Gasteiger partial charge in [-0.3, -0.25) is 14.5 Å². The van der Waals surface area contributed by atoms with Crippen LogP contribution in [-0.2, 0) is 20.7 Å². The molecule has 0 aliphatic heterocycles. The molecule has 2 N–H and O–H groups in total. The smallest absolute Gasteiger partial charge is 0.316 e. The molecule has 7 nitrogen and oxygen atoms in total. The van der Waals surface area contributed by atoms with E-state index in [9.17, 15) is 9.59 Å². The minimum atomic E-state index is -0.834. The Morgan fingerprint density at radius 2 is 1.79 bits per heavy atom. The van der Waals surface area contributed by atoms with Crippen molar-refractivity contribution < 1.29 is 24.2 Å². The third-order valence-electron chi connectivity index (χ3n) is 5.62. The van der Waals surface area contributed by atoms with Gasteiger partial charge in [-0.25, -0.2) is 0 Å². The third-order valence-corrected chi connectivity index (χ3v) is 6.72. The Morgan fingerprint density at radius 1 is 1.13 bits per heavy atom. The average Bonchev–Trinajstić information content (AvgIpc) is 2.90. The number of amides is 1. The molecule has 2 rings (SSSR count). The molecule has 1 atom stereocenters. The van der Waals surface area contributed by atoms with Crippen LogP contribution in [0.25, 0.3) is 0 Å². The lowest BCUT2D eigenvalue weighted by atomic mass is 10.1. The summed E-state index contributed by atoms with van der Waals surface area (Å²) >= 11 is 1.31. The number of hydrogen-bond donors (Lipinski definition) is 2. The second-order valence-corrected chi connectivity index (χ2v) is 9.84. The Kier molecular flexibility index (Phi) is 14.9. The molecule has 0 aliphatic rings. The van der Waals surface area contributed by atoms with Gasteiger partial charge in [0.05, 0.1) is 26.5 Å². The highest BCUT2D eigenvalue weighted by molar-refractivity contribution is 8.00. The first kappa shape index (κ1) is 32.8. The third kappa shape index (κ3) is 11.0. The zero-order chi connectivity index (χ0) is 28.7. The Morgan fingerprint density at radius 3 is 2.34 bits per heavy atom. The number of rotatable bonds is 14. The first-order valence-electron chi connectivity index (χ1n) is 12.7. The molecule has 0 radical (unpaired) electrons. The van der Waals surface area contributed by atoms with Crippen LogP contribution in [0.5, 0.6) is 5.75 Å². The Balaban J connectivity index is 0.00000352. The molecule has 0 bridgehead atoms. The largest absolute Gasteiger partial charge is 0.496 e. The van der Waals surface area contributed by atoms with Crippen LogP contribution in [0.15, 0.2) is 66.0 Å². The number of anilines is 1. The van der Waals surface area contributed by atoms with Crippen molar-refractivity contribution in [1.82, 2.24) is 4.90 Å². The maximum atomic E-state index is 13.0. The highest BCUT2D eigenvalue weighted by atomic mass is 32.2. The molecular formula is C30H42N2O5S. The number of carbonyl (C=O) groups is 2. The molecule has 0 saturated carbocycles. The second kappa shape index (κ2) is 17.3. The summed E-state index contributed by atoms with van der Waals surface area (Å²) in [6, 6.07) is 11.7. The van der Waals surface area contributed by atoms with Crippen molar-refractivity contribution in [3.63, 3.8) is 0 Å². The Hall–Kier alpha value is -3.23.